The van der Waals surface area contributed by atoms with Gasteiger partial charge in [0, 0.05) is 25.2 Å². The highest BCUT2D eigenvalue weighted by Gasteiger charge is 2.25. The van der Waals surface area contributed by atoms with Gasteiger partial charge in [-0.1, -0.05) is 30.7 Å². The van der Waals surface area contributed by atoms with Crippen LogP contribution in [0.15, 0.2) is 42.5 Å². The third kappa shape index (κ3) is 4.50. The first-order valence-corrected chi connectivity index (χ1v) is 9.61. The lowest BCUT2D eigenvalue weighted by atomic mass is 9.94. The highest BCUT2D eigenvalue weighted by atomic mass is 35.5. The number of fused-ring (bicyclic) bond motifs is 1. The minimum absolute atomic E-state index is 0. The number of hydrogen-bond acceptors (Lipinski definition) is 2. The Morgan fingerprint density at radius 3 is 2.30 bits per heavy atom. The van der Waals surface area contributed by atoms with Crippen LogP contribution in [0.25, 0.3) is 11.1 Å². The lowest BCUT2D eigenvalue weighted by Crippen LogP contribution is -2.43. The number of nitrogens with zero attached hydrogens (tertiary/aromatic N) is 2. The van der Waals surface area contributed by atoms with Crippen LogP contribution in [-0.2, 0) is 6.42 Å². The van der Waals surface area contributed by atoms with Gasteiger partial charge in [0.2, 0.25) is 0 Å². The van der Waals surface area contributed by atoms with E-state index in [9.17, 15) is 9.18 Å². The Bertz CT molecular complexity index is 787. The number of benzene rings is 2. The summed E-state index contributed by atoms with van der Waals surface area (Å²) >= 11 is 0. The lowest BCUT2D eigenvalue weighted by Gasteiger charge is -2.32. The van der Waals surface area contributed by atoms with Gasteiger partial charge < -0.3 is 9.80 Å². The van der Waals surface area contributed by atoms with E-state index in [0.717, 1.165) is 48.3 Å². The Labute approximate surface area is 166 Å². The second-order valence-corrected chi connectivity index (χ2v) is 7.32. The molecular weight excluding hydrogens is 363 g/mol. The van der Waals surface area contributed by atoms with Crippen LogP contribution in [0.5, 0.6) is 0 Å². The van der Waals surface area contributed by atoms with E-state index in [4.69, 9.17) is 0 Å². The maximum atomic E-state index is 13.1. The number of likely N-dealkylation sites (tertiary alicyclic amines) is 1. The van der Waals surface area contributed by atoms with Gasteiger partial charge in [0.05, 0.1) is 0 Å². The first-order chi connectivity index (χ1) is 12.7. The average Bonchev–Trinajstić information content (AvgIpc) is 2.69. The van der Waals surface area contributed by atoms with E-state index in [0.29, 0.717) is 0 Å². The summed E-state index contributed by atoms with van der Waals surface area (Å²) in [5.74, 6) is -0.0832. The second-order valence-electron chi connectivity index (χ2n) is 7.32. The molecule has 0 N–H and O–H groups in total. The third-order valence-corrected chi connectivity index (χ3v) is 5.59. The largest absolute Gasteiger partial charge is 0.337 e. The molecule has 0 spiro atoms. The molecule has 0 atom stereocenters. The summed E-state index contributed by atoms with van der Waals surface area (Å²) in [6.45, 7) is 4.92. The number of carbonyl (C=O) groups is 1. The van der Waals surface area contributed by atoms with Crippen LogP contribution >= 0.6 is 12.4 Å². The van der Waals surface area contributed by atoms with Crippen LogP contribution in [0.4, 0.5) is 4.39 Å². The van der Waals surface area contributed by atoms with Crippen LogP contribution < -0.4 is 0 Å². The summed E-state index contributed by atoms with van der Waals surface area (Å²) in [7, 11) is 0. The van der Waals surface area contributed by atoms with Gasteiger partial charge in [-0.25, -0.2) is 4.39 Å². The van der Waals surface area contributed by atoms with Crippen molar-refractivity contribution in [3.05, 3.63) is 59.4 Å². The van der Waals surface area contributed by atoms with E-state index in [1.165, 1.54) is 44.5 Å². The van der Waals surface area contributed by atoms with Crippen molar-refractivity contribution in [1.29, 1.82) is 0 Å². The molecule has 2 aromatic carbocycles. The molecule has 0 saturated carbocycles. The van der Waals surface area contributed by atoms with E-state index in [-0.39, 0.29) is 24.1 Å². The van der Waals surface area contributed by atoms with Gasteiger partial charge in [-0.05, 0) is 67.2 Å². The van der Waals surface area contributed by atoms with Crippen LogP contribution in [0.3, 0.4) is 0 Å². The fourth-order valence-corrected chi connectivity index (χ4v) is 4.02. The molecule has 3 nitrogen and oxygen atoms in total. The zero-order valence-electron chi connectivity index (χ0n) is 15.5. The molecule has 1 saturated heterocycles. The molecule has 2 aliphatic heterocycles. The van der Waals surface area contributed by atoms with E-state index in [2.05, 4.69) is 11.0 Å². The number of amides is 1. The summed E-state index contributed by atoms with van der Waals surface area (Å²) in [5.41, 5.74) is 3.94. The molecule has 2 heterocycles. The number of rotatable bonds is 4. The number of carbonyl (C=O) groups excluding carboxylic acids is 1. The van der Waals surface area contributed by atoms with Crippen molar-refractivity contribution in [3.8, 4) is 11.1 Å². The predicted octanol–water partition coefficient (Wildman–Crippen LogP) is 4.40. The van der Waals surface area contributed by atoms with Crippen LogP contribution in [0, 0.1) is 5.82 Å². The van der Waals surface area contributed by atoms with Gasteiger partial charge in [-0.3, -0.25) is 4.79 Å². The number of piperidine rings is 1. The minimum atomic E-state index is -0.230. The van der Waals surface area contributed by atoms with Gasteiger partial charge in [-0.2, -0.15) is 0 Å². The minimum Gasteiger partial charge on any atom is -0.337 e. The molecule has 0 aromatic heterocycles. The van der Waals surface area contributed by atoms with Gasteiger partial charge in [-0.15, -0.1) is 12.4 Å². The fraction of sp³-hybridized carbons (Fsp3) is 0.409. The lowest BCUT2D eigenvalue weighted by molar-refractivity contribution is 0.0713. The topological polar surface area (TPSA) is 23.6 Å². The van der Waals surface area contributed by atoms with Crippen molar-refractivity contribution in [3.63, 3.8) is 0 Å². The van der Waals surface area contributed by atoms with Gasteiger partial charge in [0.15, 0.2) is 0 Å². The average molecular weight is 389 g/mol. The Hall–Kier alpha value is -1.91. The first kappa shape index (κ1) is 19.8. The maximum Gasteiger partial charge on any atom is 0.254 e. The summed E-state index contributed by atoms with van der Waals surface area (Å²) in [6, 6.07) is 12.5. The highest BCUT2D eigenvalue weighted by Crippen LogP contribution is 2.26. The molecule has 0 radical (unpaired) electrons. The monoisotopic (exact) mass is 388 g/mol. The molecule has 144 valence electrons. The molecule has 0 bridgehead atoms. The summed E-state index contributed by atoms with van der Waals surface area (Å²) < 4.78 is 13.1. The van der Waals surface area contributed by atoms with E-state index < -0.39 is 0 Å². The normalized spacial score (nSPS) is 17.4. The molecule has 5 heteroatoms. The smallest absolute Gasteiger partial charge is 0.254 e. The van der Waals surface area contributed by atoms with Crippen LogP contribution in [0.2, 0.25) is 0 Å². The molecule has 2 aliphatic rings. The Morgan fingerprint density at radius 2 is 1.56 bits per heavy atom. The molecule has 27 heavy (non-hydrogen) atoms. The standard InChI is InChI=1S/C22H25FN2O.ClH/c23-20-7-4-17(5-8-20)18-6-9-21-19(16-18)10-13-25(22(21)26)15-14-24-11-2-1-3-12-24;/h4-9,16H,1-3,10-15H2;1H. The SMILES string of the molecule is Cl.O=C1c2ccc(-c3ccc(F)cc3)cc2CCN1CCN1CCCCC1. The van der Waals surface area contributed by atoms with E-state index in [1.54, 1.807) is 12.1 Å². The quantitative estimate of drug-likeness (QED) is 0.775. The van der Waals surface area contributed by atoms with Crippen molar-refractivity contribution in [1.82, 2.24) is 9.80 Å². The molecule has 0 aliphatic carbocycles. The first-order valence-electron chi connectivity index (χ1n) is 9.61. The molecule has 4 rings (SSSR count). The van der Waals surface area contributed by atoms with Crippen molar-refractivity contribution < 1.29 is 9.18 Å². The number of halogens is 2. The third-order valence-electron chi connectivity index (χ3n) is 5.59. The van der Waals surface area contributed by atoms with Gasteiger partial charge >= 0.3 is 0 Å². The summed E-state index contributed by atoms with van der Waals surface area (Å²) in [5, 5.41) is 0. The van der Waals surface area contributed by atoms with Crippen LogP contribution in [-0.4, -0.2) is 48.4 Å². The van der Waals surface area contributed by atoms with Crippen molar-refractivity contribution in [2.24, 2.45) is 0 Å². The van der Waals surface area contributed by atoms with Crippen molar-refractivity contribution >= 4 is 18.3 Å². The van der Waals surface area contributed by atoms with E-state index in [1.807, 2.05) is 17.0 Å². The molecule has 1 amide bonds. The summed E-state index contributed by atoms with van der Waals surface area (Å²) in [4.78, 5) is 17.3. The molecular formula is C22H26ClFN2O. The summed E-state index contributed by atoms with van der Waals surface area (Å²) in [6.07, 6.45) is 4.78. The zero-order chi connectivity index (χ0) is 17.9. The zero-order valence-corrected chi connectivity index (χ0v) is 16.3. The van der Waals surface area contributed by atoms with E-state index >= 15 is 0 Å². The Morgan fingerprint density at radius 1 is 0.852 bits per heavy atom. The van der Waals surface area contributed by atoms with Gasteiger partial charge in [0.1, 0.15) is 5.82 Å². The highest BCUT2D eigenvalue weighted by molar-refractivity contribution is 5.97. The second kappa shape index (κ2) is 8.85. The molecule has 2 aromatic rings. The van der Waals surface area contributed by atoms with Gasteiger partial charge in [0.25, 0.3) is 5.91 Å². The maximum absolute atomic E-state index is 13.1. The Kier molecular flexibility index (Phi) is 6.51. The molecule has 0 unspecified atom stereocenters. The predicted molar refractivity (Wildman–Crippen MR) is 109 cm³/mol. The Balaban J connectivity index is 0.00000210. The number of hydrogen-bond donors (Lipinski definition) is 0. The van der Waals surface area contributed by atoms with Crippen LogP contribution in [0.1, 0.15) is 35.2 Å². The fourth-order valence-electron chi connectivity index (χ4n) is 4.02. The van der Waals surface area contributed by atoms with Crippen molar-refractivity contribution in [2.75, 3.05) is 32.7 Å². The van der Waals surface area contributed by atoms with Crippen molar-refractivity contribution in [2.45, 2.75) is 25.7 Å². The molecule has 1 fully saturated rings.